The van der Waals surface area contributed by atoms with Gasteiger partial charge in [-0.2, -0.15) is 0 Å². The summed E-state index contributed by atoms with van der Waals surface area (Å²) in [5.74, 6) is 0.260. The first kappa shape index (κ1) is 22.7. The van der Waals surface area contributed by atoms with Gasteiger partial charge in [0.2, 0.25) is 11.8 Å². The second-order valence-corrected chi connectivity index (χ2v) is 7.43. The predicted molar refractivity (Wildman–Crippen MR) is 117 cm³/mol. The maximum atomic E-state index is 12.4. The third-order valence-electron chi connectivity index (χ3n) is 4.74. The average molecular weight is 418 g/mol. The molecule has 2 aromatic carbocycles. The van der Waals surface area contributed by atoms with Gasteiger partial charge in [0.15, 0.2) is 0 Å². The second-order valence-electron chi connectivity index (χ2n) is 6.99. The molecule has 2 amide bonds. The van der Waals surface area contributed by atoms with Gasteiger partial charge >= 0.3 is 0 Å². The lowest BCUT2D eigenvalue weighted by Crippen LogP contribution is -2.46. The van der Waals surface area contributed by atoms with Crippen molar-refractivity contribution < 1.29 is 14.3 Å². The van der Waals surface area contributed by atoms with E-state index in [-0.39, 0.29) is 18.4 Å². The van der Waals surface area contributed by atoms with E-state index >= 15 is 0 Å². The van der Waals surface area contributed by atoms with Gasteiger partial charge in [0.25, 0.3) is 0 Å². The van der Waals surface area contributed by atoms with Crippen LogP contribution in [0.4, 0.5) is 5.69 Å². The lowest BCUT2D eigenvalue weighted by atomic mass is 10.1. The number of benzene rings is 2. The molecule has 0 aliphatic heterocycles. The van der Waals surface area contributed by atoms with Crippen molar-refractivity contribution in [1.29, 1.82) is 0 Å². The molecular formula is C22H28ClN3O3. The lowest BCUT2D eigenvalue weighted by Gasteiger charge is -2.23. The van der Waals surface area contributed by atoms with E-state index in [4.69, 9.17) is 16.3 Å². The quantitative estimate of drug-likeness (QED) is 0.656. The van der Waals surface area contributed by atoms with Gasteiger partial charge in [0.1, 0.15) is 12.4 Å². The first-order valence-corrected chi connectivity index (χ1v) is 9.88. The number of halogens is 1. The van der Waals surface area contributed by atoms with E-state index in [0.29, 0.717) is 18.2 Å². The summed E-state index contributed by atoms with van der Waals surface area (Å²) in [7, 11) is 1.84. The minimum absolute atomic E-state index is 0.0773. The molecule has 0 unspecified atom stereocenters. The minimum atomic E-state index is -0.392. The van der Waals surface area contributed by atoms with Crippen LogP contribution in [-0.4, -0.2) is 49.5 Å². The second kappa shape index (κ2) is 10.8. The summed E-state index contributed by atoms with van der Waals surface area (Å²) in [6.45, 7) is 6.58. The van der Waals surface area contributed by atoms with Gasteiger partial charge in [-0.25, -0.2) is 0 Å². The molecule has 0 saturated heterocycles. The Bertz CT molecular complexity index is 819. The maximum absolute atomic E-state index is 12.4. The summed E-state index contributed by atoms with van der Waals surface area (Å²) in [5.41, 5.74) is 2.76. The van der Waals surface area contributed by atoms with Gasteiger partial charge in [-0.3, -0.25) is 14.5 Å². The van der Waals surface area contributed by atoms with E-state index in [1.54, 1.807) is 31.2 Å². The normalized spacial score (nSPS) is 11.8. The van der Waals surface area contributed by atoms with Crippen molar-refractivity contribution in [2.45, 2.75) is 26.8 Å². The van der Waals surface area contributed by atoms with Gasteiger partial charge in [0.05, 0.1) is 12.6 Å². The molecule has 6 nitrogen and oxygen atoms in total. The van der Waals surface area contributed by atoms with Gasteiger partial charge < -0.3 is 15.4 Å². The number of rotatable bonds is 9. The van der Waals surface area contributed by atoms with Crippen LogP contribution in [0.2, 0.25) is 5.02 Å². The Balaban J connectivity index is 1.74. The molecule has 0 heterocycles. The molecule has 2 rings (SSSR count). The fourth-order valence-electron chi connectivity index (χ4n) is 2.74. The van der Waals surface area contributed by atoms with E-state index in [0.717, 1.165) is 22.6 Å². The number of amides is 2. The summed E-state index contributed by atoms with van der Waals surface area (Å²) in [4.78, 5) is 26.4. The molecule has 1 atom stereocenters. The van der Waals surface area contributed by atoms with Crippen LogP contribution in [0.3, 0.4) is 0 Å². The molecule has 0 fully saturated rings. The van der Waals surface area contributed by atoms with Crippen LogP contribution in [0, 0.1) is 13.8 Å². The van der Waals surface area contributed by atoms with Gasteiger partial charge in [0, 0.05) is 17.3 Å². The van der Waals surface area contributed by atoms with E-state index in [2.05, 4.69) is 10.6 Å². The highest BCUT2D eigenvalue weighted by Gasteiger charge is 2.18. The molecule has 2 aromatic rings. The zero-order chi connectivity index (χ0) is 21.4. The third-order valence-corrected chi connectivity index (χ3v) is 4.99. The fraction of sp³-hybridized carbons (Fsp3) is 0.364. The molecule has 0 aliphatic rings. The van der Waals surface area contributed by atoms with Crippen LogP contribution in [0.25, 0.3) is 0 Å². The first-order chi connectivity index (χ1) is 13.8. The first-order valence-electron chi connectivity index (χ1n) is 9.50. The van der Waals surface area contributed by atoms with Crippen LogP contribution in [-0.2, 0) is 9.59 Å². The Morgan fingerprint density at radius 3 is 2.34 bits per heavy atom. The Kier molecular flexibility index (Phi) is 8.49. The summed E-state index contributed by atoms with van der Waals surface area (Å²) < 4.78 is 5.65. The minimum Gasteiger partial charge on any atom is -0.492 e. The topological polar surface area (TPSA) is 70.7 Å². The Morgan fingerprint density at radius 2 is 1.72 bits per heavy atom. The van der Waals surface area contributed by atoms with Crippen LogP contribution >= 0.6 is 11.6 Å². The third kappa shape index (κ3) is 7.07. The SMILES string of the molecule is Cc1cccc(C)c1NC(=O)CNC(=O)[C@H](C)N(C)CCOc1ccc(Cl)cc1. The van der Waals surface area contributed by atoms with E-state index in [1.165, 1.54) is 0 Å². The van der Waals surface area contributed by atoms with Crippen molar-refractivity contribution in [1.82, 2.24) is 10.2 Å². The number of hydrogen-bond donors (Lipinski definition) is 2. The van der Waals surface area contributed by atoms with Crippen LogP contribution in [0.1, 0.15) is 18.1 Å². The smallest absolute Gasteiger partial charge is 0.243 e. The molecular weight excluding hydrogens is 390 g/mol. The Labute approximate surface area is 177 Å². The number of hydrogen-bond acceptors (Lipinski definition) is 4. The standard InChI is InChI=1S/C22H28ClN3O3/c1-15-6-5-7-16(2)21(15)25-20(27)14-24-22(28)17(3)26(4)12-13-29-19-10-8-18(23)9-11-19/h5-11,17H,12-14H2,1-4H3,(H,24,28)(H,25,27)/t17-/m0/s1. The molecule has 0 saturated carbocycles. The molecule has 0 radical (unpaired) electrons. The van der Waals surface area contributed by atoms with Gasteiger partial charge in [-0.15, -0.1) is 0 Å². The molecule has 156 valence electrons. The molecule has 0 bridgehead atoms. The van der Waals surface area contributed by atoms with E-state index < -0.39 is 6.04 Å². The van der Waals surface area contributed by atoms with E-state index in [9.17, 15) is 9.59 Å². The summed E-state index contributed by atoms with van der Waals surface area (Å²) in [6, 6.07) is 12.5. The zero-order valence-electron chi connectivity index (χ0n) is 17.3. The van der Waals surface area contributed by atoms with Crippen LogP contribution in [0.5, 0.6) is 5.75 Å². The number of carbonyl (C=O) groups is 2. The number of para-hydroxylation sites is 1. The molecule has 29 heavy (non-hydrogen) atoms. The number of anilines is 1. The van der Waals surface area contributed by atoms with Crippen LogP contribution in [0.15, 0.2) is 42.5 Å². The molecule has 0 aliphatic carbocycles. The maximum Gasteiger partial charge on any atom is 0.243 e. The van der Waals surface area contributed by atoms with Crippen molar-refractivity contribution in [2.24, 2.45) is 0 Å². The number of likely N-dealkylation sites (N-methyl/N-ethyl adjacent to an activating group) is 1. The van der Waals surface area contributed by atoms with Gasteiger partial charge in [-0.1, -0.05) is 29.8 Å². The lowest BCUT2D eigenvalue weighted by molar-refractivity contribution is -0.127. The van der Waals surface area contributed by atoms with Crippen molar-refractivity contribution >= 4 is 29.1 Å². The highest BCUT2D eigenvalue weighted by Crippen LogP contribution is 2.19. The van der Waals surface area contributed by atoms with Crippen molar-refractivity contribution in [3.63, 3.8) is 0 Å². The summed E-state index contributed by atoms with van der Waals surface area (Å²) >= 11 is 5.85. The Morgan fingerprint density at radius 1 is 1.10 bits per heavy atom. The monoisotopic (exact) mass is 417 g/mol. The van der Waals surface area contributed by atoms with Crippen molar-refractivity contribution in [2.75, 3.05) is 32.1 Å². The molecule has 7 heteroatoms. The molecule has 0 spiro atoms. The molecule has 0 aromatic heterocycles. The Hall–Kier alpha value is -2.57. The number of aryl methyl sites for hydroxylation is 2. The van der Waals surface area contributed by atoms with Crippen molar-refractivity contribution in [3.05, 3.63) is 58.6 Å². The fourth-order valence-corrected chi connectivity index (χ4v) is 2.87. The molecule has 2 N–H and O–H groups in total. The number of nitrogens with one attached hydrogen (secondary N) is 2. The largest absolute Gasteiger partial charge is 0.492 e. The number of carbonyl (C=O) groups excluding carboxylic acids is 2. The van der Waals surface area contributed by atoms with Crippen LogP contribution < -0.4 is 15.4 Å². The number of nitrogens with zero attached hydrogens (tertiary/aromatic N) is 1. The zero-order valence-corrected chi connectivity index (χ0v) is 18.0. The summed E-state index contributed by atoms with van der Waals surface area (Å²) in [6.07, 6.45) is 0. The highest BCUT2D eigenvalue weighted by molar-refractivity contribution is 6.30. The summed E-state index contributed by atoms with van der Waals surface area (Å²) in [5, 5.41) is 6.20. The highest BCUT2D eigenvalue weighted by atomic mass is 35.5. The van der Waals surface area contributed by atoms with Gasteiger partial charge in [-0.05, 0) is 63.2 Å². The van der Waals surface area contributed by atoms with E-state index in [1.807, 2.05) is 44.0 Å². The predicted octanol–water partition coefficient (Wildman–Crippen LogP) is 3.41. The number of ether oxygens (including phenoxy) is 1. The van der Waals surface area contributed by atoms with Crippen molar-refractivity contribution in [3.8, 4) is 5.75 Å². The average Bonchev–Trinajstić information content (AvgIpc) is 2.69.